The van der Waals surface area contributed by atoms with Crippen molar-refractivity contribution >= 4 is 5.91 Å². The Bertz CT molecular complexity index is 655. The summed E-state index contributed by atoms with van der Waals surface area (Å²) in [4.78, 5) is 18.3. The molecular weight excluding hydrogens is 548 g/mol. The molecule has 0 aromatic heterocycles. The van der Waals surface area contributed by atoms with Gasteiger partial charge in [-0.25, -0.2) is 0 Å². The van der Waals surface area contributed by atoms with Gasteiger partial charge >= 0.3 is 0 Å². The van der Waals surface area contributed by atoms with Crippen molar-refractivity contribution in [3.63, 3.8) is 0 Å². The lowest BCUT2D eigenvalue weighted by molar-refractivity contribution is -0.134. The van der Waals surface area contributed by atoms with Gasteiger partial charge in [-0.3, -0.25) is 4.79 Å². The molecule has 0 aliphatic heterocycles. The van der Waals surface area contributed by atoms with Gasteiger partial charge < -0.3 is 9.80 Å². The van der Waals surface area contributed by atoms with Crippen LogP contribution in [0.1, 0.15) is 207 Å². The van der Waals surface area contributed by atoms with E-state index in [2.05, 4.69) is 69.0 Å². The third-order valence-electron chi connectivity index (χ3n) is 9.39. The highest BCUT2D eigenvalue weighted by molar-refractivity contribution is 5.76. The van der Waals surface area contributed by atoms with Crippen molar-refractivity contribution < 1.29 is 4.79 Å². The van der Waals surface area contributed by atoms with Crippen molar-refractivity contribution in [2.75, 3.05) is 27.2 Å². The molecule has 1 unspecified atom stereocenters. The highest BCUT2D eigenvalue weighted by atomic mass is 16.2. The molecule has 266 valence electrons. The molecule has 1 atom stereocenters. The molecule has 0 saturated carbocycles. The van der Waals surface area contributed by atoms with Crippen LogP contribution >= 0.6 is 0 Å². The van der Waals surface area contributed by atoms with Gasteiger partial charge in [-0.15, -0.1) is 0 Å². The fourth-order valence-electron chi connectivity index (χ4n) is 6.43. The average molecular weight is 631 g/mol. The molecule has 3 heteroatoms. The SMILES string of the molecule is CCCCC/C=C\C/C=C\CCCCCCCCC(CCCCCCCCC)N(CCCN(C)C)C(=O)CCCCCCCC. The minimum atomic E-state index is 0.442. The zero-order valence-corrected chi connectivity index (χ0v) is 31.6. The molecule has 3 nitrogen and oxygen atoms in total. The number of carbonyl (C=O) groups is 1. The van der Waals surface area contributed by atoms with Crippen LogP contribution in [0.15, 0.2) is 24.3 Å². The highest BCUT2D eigenvalue weighted by Gasteiger charge is 2.22. The number of allylic oxidation sites excluding steroid dienone is 4. The van der Waals surface area contributed by atoms with Crippen molar-refractivity contribution in [3.8, 4) is 0 Å². The van der Waals surface area contributed by atoms with Crippen LogP contribution in [0.3, 0.4) is 0 Å². The monoisotopic (exact) mass is 631 g/mol. The quantitative estimate of drug-likeness (QED) is 0.0514. The number of unbranched alkanes of at least 4 members (excludes halogenated alkanes) is 20. The van der Waals surface area contributed by atoms with Gasteiger partial charge in [0.15, 0.2) is 0 Å². The average Bonchev–Trinajstić information content (AvgIpc) is 3.03. The van der Waals surface area contributed by atoms with Crippen molar-refractivity contribution in [2.24, 2.45) is 0 Å². The maximum Gasteiger partial charge on any atom is 0.222 e. The standard InChI is InChI=1S/C42H82N2O/c1-6-9-12-15-18-19-20-21-22-23-24-25-26-28-30-33-37-41(36-32-29-27-16-13-10-7-2)44(40-35-39-43(4)5)42(45)38-34-31-17-14-11-8-3/h18-19,21-22,41H,6-17,20,23-40H2,1-5H3/b19-18-,22-21-. The van der Waals surface area contributed by atoms with Crippen LogP contribution in [0.2, 0.25) is 0 Å². The summed E-state index contributed by atoms with van der Waals surface area (Å²) < 4.78 is 0. The van der Waals surface area contributed by atoms with Gasteiger partial charge in [-0.1, -0.05) is 167 Å². The van der Waals surface area contributed by atoms with Gasteiger partial charge in [0.25, 0.3) is 0 Å². The predicted molar refractivity (Wildman–Crippen MR) is 203 cm³/mol. The zero-order valence-electron chi connectivity index (χ0n) is 31.6. The lowest BCUT2D eigenvalue weighted by atomic mass is 9.97. The summed E-state index contributed by atoms with van der Waals surface area (Å²) in [6.45, 7) is 8.85. The second kappa shape index (κ2) is 35.8. The molecule has 0 rings (SSSR count). The number of hydrogen-bond acceptors (Lipinski definition) is 2. The van der Waals surface area contributed by atoms with Crippen molar-refractivity contribution in [3.05, 3.63) is 24.3 Å². The Morgan fingerprint density at radius 1 is 0.489 bits per heavy atom. The Kier molecular flexibility index (Phi) is 34.9. The van der Waals surface area contributed by atoms with Crippen molar-refractivity contribution in [2.45, 2.75) is 213 Å². The van der Waals surface area contributed by atoms with Crippen LogP contribution in [-0.4, -0.2) is 48.9 Å². The van der Waals surface area contributed by atoms with E-state index in [0.29, 0.717) is 11.9 Å². The van der Waals surface area contributed by atoms with Crippen LogP contribution in [0.25, 0.3) is 0 Å². The fourth-order valence-corrected chi connectivity index (χ4v) is 6.43. The minimum Gasteiger partial charge on any atom is -0.340 e. The highest BCUT2D eigenvalue weighted by Crippen LogP contribution is 2.21. The van der Waals surface area contributed by atoms with Crippen molar-refractivity contribution in [1.82, 2.24) is 9.80 Å². The number of nitrogens with zero attached hydrogens (tertiary/aromatic N) is 2. The summed E-state index contributed by atoms with van der Waals surface area (Å²) in [6.07, 6.45) is 46.2. The maximum absolute atomic E-state index is 13.6. The second-order valence-corrected chi connectivity index (χ2v) is 14.2. The summed E-state index contributed by atoms with van der Waals surface area (Å²) in [5.41, 5.74) is 0. The molecule has 0 fully saturated rings. The van der Waals surface area contributed by atoms with Crippen LogP contribution in [0.4, 0.5) is 0 Å². The molecule has 0 heterocycles. The van der Waals surface area contributed by atoms with E-state index in [1.807, 2.05) is 0 Å². The summed E-state index contributed by atoms with van der Waals surface area (Å²) >= 11 is 0. The topological polar surface area (TPSA) is 23.6 Å². The second-order valence-electron chi connectivity index (χ2n) is 14.2. The predicted octanol–water partition coefficient (Wildman–Crippen LogP) is 13.2. The minimum absolute atomic E-state index is 0.442. The van der Waals surface area contributed by atoms with E-state index in [9.17, 15) is 4.79 Å². The van der Waals surface area contributed by atoms with Crippen molar-refractivity contribution in [1.29, 1.82) is 0 Å². The summed E-state index contributed by atoms with van der Waals surface area (Å²) in [5, 5.41) is 0. The van der Waals surface area contributed by atoms with E-state index >= 15 is 0 Å². The van der Waals surface area contributed by atoms with Gasteiger partial charge in [0, 0.05) is 19.0 Å². The molecule has 1 amide bonds. The first-order valence-electron chi connectivity index (χ1n) is 20.3. The third-order valence-corrected chi connectivity index (χ3v) is 9.39. The number of rotatable bonds is 35. The molecule has 0 aromatic rings. The first kappa shape index (κ1) is 43.9. The van der Waals surface area contributed by atoms with Gasteiger partial charge in [-0.2, -0.15) is 0 Å². The molecule has 0 spiro atoms. The Morgan fingerprint density at radius 3 is 1.42 bits per heavy atom. The smallest absolute Gasteiger partial charge is 0.222 e. The van der Waals surface area contributed by atoms with Crippen LogP contribution in [0.5, 0.6) is 0 Å². The van der Waals surface area contributed by atoms with E-state index in [-0.39, 0.29) is 0 Å². The first-order chi connectivity index (χ1) is 22.1. The van der Waals surface area contributed by atoms with Gasteiger partial charge in [0.2, 0.25) is 5.91 Å². The largest absolute Gasteiger partial charge is 0.340 e. The molecule has 0 bridgehead atoms. The number of amides is 1. The van der Waals surface area contributed by atoms with Gasteiger partial charge in [0.1, 0.15) is 0 Å². The Morgan fingerprint density at radius 2 is 0.911 bits per heavy atom. The normalized spacial score (nSPS) is 12.7. The molecule has 0 aromatic carbocycles. The van der Waals surface area contributed by atoms with E-state index in [4.69, 9.17) is 0 Å². The summed E-state index contributed by atoms with van der Waals surface area (Å²) in [7, 11) is 4.31. The van der Waals surface area contributed by atoms with E-state index < -0.39 is 0 Å². The van der Waals surface area contributed by atoms with Crippen LogP contribution in [-0.2, 0) is 4.79 Å². The van der Waals surface area contributed by atoms with Gasteiger partial charge in [0.05, 0.1) is 0 Å². The van der Waals surface area contributed by atoms with E-state index in [0.717, 1.165) is 38.8 Å². The maximum atomic E-state index is 13.6. The summed E-state index contributed by atoms with van der Waals surface area (Å²) in [5.74, 6) is 0.442. The molecule has 0 radical (unpaired) electrons. The Labute approximate surface area is 284 Å². The Balaban J connectivity index is 4.67. The fraction of sp³-hybridized carbons (Fsp3) is 0.881. The lowest BCUT2D eigenvalue weighted by Gasteiger charge is -2.33. The lowest BCUT2D eigenvalue weighted by Crippen LogP contribution is -2.41. The van der Waals surface area contributed by atoms with Gasteiger partial charge in [-0.05, 0) is 78.4 Å². The number of hydrogen-bond donors (Lipinski definition) is 0. The molecule has 45 heavy (non-hydrogen) atoms. The molecule has 0 saturated heterocycles. The molecule has 0 aliphatic carbocycles. The third kappa shape index (κ3) is 31.3. The Hall–Kier alpha value is -1.09. The van der Waals surface area contributed by atoms with Crippen LogP contribution < -0.4 is 0 Å². The zero-order chi connectivity index (χ0) is 33.1. The first-order valence-corrected chi connectivity index (χ1v) is 20.3. The molecular formula is C42H82N2O. The van der Waals surface area contributed by atoms with Crippen LogP contribution in [0, 0.1) is 0 Å². The number of carbonyl (C=O) groups excluding carboxylic acids is 1. The molecule has 0 aliphatic rings. The van der Waals surface area contributed by atoms with E-state index in [1.165, 1.54) is 161 Å². The van der Waals surface area contributed by atoms with E-state index in [1.54, 1.807) is 0 Å². The summed E-state index contributed by atoms with van der Waals surface area (Å²) in [6, 6.07) is 0.446. The molecule has 0 N–H and O–H groups in total.